The van der Waals surface area contributed by atoms with Crippen LogP contribution in [0, 0.1) is 0 Å². The maximum absolute atomic E-state index is 10.6. The van der Waals surface area contributed by atoms with E-state index in [9.17, 15) is 14.4 Å². The lowest BCUT2D eigenvalue weighted by atomic mass is 10.2. The van der Waals surface area contributed by atoms with E-state index in [2.05, 4.69) is 4.74 Å². The fourth-order valence-corrected chi connectivity index (χ4v) is 0.881. The first-order chi connectivity index (χ1) is 8.22. The molecule has 2 N–H and O–H groups in total. The van der Waals surface area contributed by atoms with Crippen LogP contribution in [0.2, 0.25) is 0 Å². The Morgan fingerprint density at radius 2 is 1.83 bits per heavy atom. The largest absolute Gasteiger partial charge is 0.478 e. The van der Waals surface area contributed by atoms with E-state index < -0.39 is 18.2 Å². The van der Waals surface area contributed by atoms with E-state index in [-0.39, 0.29) is 11.1 Å². The van der Waals surface area contributed by atoms with Crippen molar-refractivity contribution >= 4 is 18.2 Å². The number of aliphatic hydroxyl groups excluding tert-OH is 1. The van der Waals surface area contributed by atoms with Crippen LogP contribution in [-0.4, -0.2) is 34.7 Å². The Labute approximate surface area is 105 Å². The molecule has 0 aliphatic carbocycles. The summed E-state index contributed by atoms with van der Waals surface area (Å²) in [6.07, 6.45) is -0.471. The van der Waals surface area contributed by atoms with Gasteiger partial charge in [-0.25, -0.2) is 9.59 Å². The van der Waals surface area contributed by atoms with Crippen LogP contribution in [0.25, 0.3) is 0 Å². The number of rotatable bonds is 2. The summed E-state index contributed by atoms with van der Waals surface area (Å²) in [5, 5.41) is 17.1. The van der Waals surface area contributed by atoms with Gasteiger partial charge in [-0.3, -0.25) is 4.79 Å². The maximum Gasteiger partial charge on any atom is 0.336 e. The highest BCUT2D eigenvalue weighted by Crippen LogP contribution is 2.18. The topological polar surface area (TPSA) is 101 Å². The number of aliphatic carboxylic acids is 1. The maximum atomic E-state index is 10.6. The molecule has 18 heavy (non-hydrogen) atoms. The standard InChI is InChI=1S/2C6H8O3/c1-3-4(2)6(8)9-5(3)7;1-4(3-7)5(2)6(8)9/h5,7H,1-2H3;3H,1-2H3,(H,8,9)/b;5-4-. The molecule has 0 fully saturated rings. The summed E-state index contributed by atoms with van der Waals surface area (Å²) < 4.78 is 4.43. The zero-order valence-corrected chi connectivity index (χ0v) is 10.7. The van der Waals surface area contributed by atoms with Crippen LogP contribution in [0.1, 0.15) is 27.7 Å². The van der Waals surface area contributed by atoms with Gasteiger partial charge < -0.3 is 14.9 Å². The molecule has 0 bridgehead atoms. The van der Waals surface area contributed by atoms with Gasteiger partial charge in [0.2, 0.25) is 6.29 Å². The van der Waals surface area contributed by atoms with Crippen molar-refractivity contribution in [3.05, 3.63) is 22.3 Å². The van der Waals surface area contributed by atoms with Gasteiger partial charge in [-0.1, -0.05) is 0 Å². The van der Waals surface area contributed by atoms with E-state index in [1.54, 1.807) is 13.8 Å². The Morgan fingerprint density at radius 1 is 1.33 bits per heavy atom. The minimum Gasteiger partial charge on any atom is -0.478 e. The van der Waals surface area contributed by atoms with Crippen LogP contribution >= 0.6 is 0 Å². The number of hydrogen-bond donors (Lipinski definition) is 2. The molecule has 1 rings (SSSR count). The average molecular weight is 256 g/mol. The van der Waals surface area contributed by atoms with Crippen molar-refractivity contribution in [2.24, 2.45) is 0 Å². The van der Waals surface area contributed by atoms with Gasteiger partial charge in [0.05, 0.1) is 0 Å². The van der Waals surface area contributed by atoms with E-state index in [4.69, 9.17) is 10.2 Å². The molecule has 0 aromatic heterocycles. The fraction of sp³-hybridized carbons (Fsp3) is 0.417. The summed E-state index contributed by atoms with van der Waals surface area (Å²) >= 11 is 0. The Morgan fingerprint density at radius 3 is 1.94 bits per heavy atom. The van der Waals surface area contributed by atoms with Gasteiger partial charge in [-0.05, 0) is 33.3 Å². The number of hydrogen-bond acceptors (Lipinski definition) is 5. The van der Waals surface area contributed by atoms with Gasteiger partial charge in [0.15, 0.2) is 0 Å². The number of carbonyl (C=O) groups is 3. The normalized spacial score (nSPS) is 19.6. The molecule has 1 aliphatic rings. The van der Waals surface area contributed by atoms with Gasteiger partial charge in [-0.2, -0.15) is 0 Å². The quantitative estimate of drug-likeness (QED) is 0.430. The van der Waals surface area contributed by atoms with Crippen LogP contribution in [0.4, 0.5) is 0 Å². The number of esters is 1. The molecule has 1 atom stereocenters. The second kappa shape index (κ2) is 6.70. The van der Waals surface area contributed by atoms with Crippen LogP contribution in [-0.2, 0) is 19.1 Å². The van der Waals surface area contributed by atoms with Gasteiger partial charge in [0, 0.05) is 16.7 Å². The van der Waals surface area contributed by atoms with Gasteiger partial charge >= 0.3 is 11.9 Å². The van der Waals surface area contributed by atoms with Gasteiger partial charge in [0.1, 0.15) is 6.29 Å². The molecule has 0 amide bonds. The molecular weight excluding hydrogens is 240 g/mol. The number of carboxylic acid groups (broad SMARTS) is 1. The zero-order chi connectivity index (χ0) is 14.5. The summed E-state index contributed by atoms with van der Waals surface area (Å²) in [7, 11) is 0. The van der Waals surface area contributed by atoms with E-state index in [0.29, 0.717) is 17.4 Å². The molecule has 0 saturated heterocycles. The third kappa shape index (κ3) is 4.14. The lowest BCUT2D eigenvalue weighted by Gasteiger charge is -1.99. The number of carbonyl (C=O) groups excluding carboxylic acids is 2. The Balaban J connectivity index is 0.000000321. The zero-order valence-electron chi connectivity index (χ0n) is 10.7. The van der Waals surface area contributed by atoms with Crippen molar-refractivity contribution < 1.29 is 29.3 Å². The van der Waals surface area contributed by atoms with Crippen molar-refractivity contribution in [2.45, 2.75) is 34.0 Å². The van der Waals surface area contributed by atoms with Gasteiger partial charge in [0.25, 0.3) is 0 Å². The van der Waals surface area contributed by atoms with Gasteiger partial charge in [-0.15, -0.1) is 0 Å². The Hall–Kier alpha value is -1.95. The lowest BCUT2D eigenvalue weighted by molar-refractivity contribution is -0.151. The van der Waals surface area contributed by atoms with E-state index in [1.165, 1.54) is 13.8 Å². The molecule has 100 valence electrons. The van der Waals surface area contributed by atoms with E-state index >= 15 is 0 Å². The third-order valence-electron chi connectivity index (χ3n) is 2.58. The highest BCUT2D eigenvalue weighted by molar-refractivity contribution is 5.93. The minimum atomic E-state index is -1.04. The molecule has 0 radical (unpaired) electrons. The highest BCUT2D eigenvalue weighted by Gasteiger charge is 2.25. The molecule has 0 saturated carbocycles. The minimum absolute atomic E-state index is 0.102. The average Bonchev–Trinajstić information content (AvgIpc) is 2.55. The molecule has 6 nitrogen and oxygen atoms in total. The molecule has 1 aliphatic heterocycles. The SMILES string of the molecule is C/C(C=O)=C(\C)C(=O)O.CC1=C(C)C(O)OC1=O. The molecule has 1 heterocycles. The van der Waals surface area contributed by atoms with Crippen LogP contribution in [0.3, 0.4) is 0 Å². The third-order valence-corrected chi connectivity index (χ3v) is 2.58. The molecule has 0 spiro atoms. The van der Waals surface area contributed by atoms with Crippen LogP contribution in [0.15, 0.2) is 22.3 Å². The Bertz CT molecular complexity index is 430. The number of carboxylic acids is 1. The summed E-state index contributed by atoms with van der Waals surface area (Å²) in [5.41, 5.74) is 1.50. The monoisotopic (exact) mass is 256 g/mol. The lowest BCUT2D eigenvalue weighted by Crippen LogP contribution is -2.07. The van der Waals surface area contributed by atoms with Crippen molar-refractivity contribution in [1.82, 2.24) is 0 Å². The number of aldehydes is 1. The number of ether oxygens (including phenoxy) is 1. The fourth-order valence-electron chi connectivity index (χ4n) is 0.881. The molecule has 0 aromatic rings. The first kappa shape index (κ1) is 16.1. The van der Waals surface area contributed by atoms with E-state index in [1.807, 2.05) is 0 Å². The molecule has 1 unspecified atom stereocenters. The second-order valence-corrected chi connectivity index (χ2v) is 3.80. The molecule has 6 heteroatoms. The molecule has 0 aromatic carbocycles. The van der Waals surface area contributed by atoms with Crippen molar-refractivity contribution in [1.29, 1.82) is 0 Å². The van der Waals surface area contributed by atoms with E-state index in [0.717, 1.165) is 0 Å². The Kier molecular flexibility index (Phi) is 5.98. The number of aliphatic hydroxyl groups is 1. The van der Waals surface area contributed by atoms with Crippen LogP contribution < -0.4 is 0 Å². The van der Waals surface area contributed by atoms with Crippen LogP contribution in [0.5, 0.6) is 0 Å². The summed E-state index contributed by atoms with van der Waals surface area (Å²) in [5.74, 6) is -1.46. The smallest absolute Gasteiger partial charge is 0.336 e. The predicted octanol–water partition coefficient (Wildman–Crippen LogP) is 0.804. The first-order valence-corrected chi connectivity index (χ1v) is 5.14. The second-order valence-electron chi connectivity index (χ2n) is 3.80. The highest BCUT2D eigenvalue weighted by atomic mass is 16.6. The number of cyclic esters (lactones) is 1. The summed E-state index contributed by atoms with van der Waals surface area (Å²) in [6, 6.07) is 0. The van der Waals surface area contributed by atoms with Crippen molar-refractivity contribution in [3.8, 4) is 0 Å². The molecular formula is C12H16O6. The van der Waals surface area contributed by atoms with Crippen molar-refractivity contribution in [3.63, 3.8) is 0 Å². The van der Waals surface area contributed by atoms with Crippen molar-refractivity contribution in [2.75, 3.05) is 0 Å². The summed E-state index contributed by atoms with van der Waals surface area (Å²) in [6.45, 7) is 6.17. The first-order valence-electron chi connectivity index (χ1n) is 5.14. The summed E-state index contributed by atoms with van der Waals surface area (Å²) in [4.78, 5) is 30.6. The number of allylic oxidation sites excluding steroid dienone is 1. The predicted molar refractivity (Wildman–Crippen MR) is 62.5 cm³/mol.